The molecule has 0 aromatic carbocycles. The highest BCUT2D eigenvalue weighted by Crippen LogP contribution is 2.32. The first-order valence-corrected chi connectivity index (χ1v) is 8.80. The highest BCUT2D eigenvalue weighted by atomic mass is 16.5. The molecule has 4 nitrogen and oxygen atoms in total. The predicted molar refractivity (Wildman–Crippen MR) is 88.6 cm³/mol. The van der Waals surface area contributed by atoms with Crippen LogP contribution in [0.2, 0.25) is 0 Å². The average Bonchev–Trinajstić information content (AvgIpc) is 2.51. The smallest absolute Gasteiger partial charge is 0.0589 e. The molecule has 4 heteroatoms. The Bertz CT molecular complexity index is 251. The Morgan fingerprint density at radius 1 is 1.24 bits per heavy atom. The molecule has 0 radical (unpaired) electrons. The Hall–Kier alpha value is -0.160. The molecule has 0 heterocycles. The molecule has 126 valence electrons. The fourth-order valence-corrected chi connectivity index (χ4v) is 3.52. The van der Waals surface area contributed by atoms with Crippen LogP contribution in [0, 0.1) is 11.8 Å². The molecule has 3 atom stereocenters. The van der Waals surface area contributed by atoms with Crippen molar-refractivity contribution in [3.05, 3.63) is 0 Å². The molecular weight excluding hydrogens is 264 g/mol. The topological polar surface area (TPSA) is 44.7 Å². The van der Waals surface area contributed by atoms with E-state index < -0.39 is 0 Å². The van der Waals surface area contributed by atoms with Crippen molar-refractivity contribution in [2.24, 2.45) is 11.8 Å². The molecule has 0 spiro atoms. The van der Waals surface area contributed by atoms with Gasteiger partial charge in [0.25, 0.3) is 0 Å². The van der Waals surface area contributed by atoms with Crippen molar-refractivity contribution in [1.29, 1.82) is 0 Å². The summed E-state index contributed by atoms with van der Waals surface area (Å²) in [7, 11) is 1.75. The van der Waals surface area contributed by atoms with Gasteiger partial charge in [0.05, 0.1) is 13.2 Å². The van der Waals surface area contributed by atoms with Crippen molar-refractivity contribution >= 4 is 0 Å². The van der Waals surface area contributed by atoms with E-state index in [0.717, 1.165) is 38.7 Å². The number of aliphatic hydroxyl groups is 1. The van der Waals surface area contributed by atoms with Crippen LogP contribution < -0.4 is 5.32 Å². The summed E-state index contributed by atoms with van der Waals surface area (Å²) < 4.78 is 5.20. The fraction of sp³-hybridized carbons (Fsp3) is 1.00. The Balaban J connectivity index is 2.56. The van der Waals surface area contributed by atoms with Crippen molar-refractivity contribution in [3.63, 3.8) is 0 Å². The molecule has 1 saturated carbocycles. The number of ether oxygens (including phenoxy) is 1. The van der Waals surface area contributed by atoms with Crippen LogP contribution in [0.3, 0.4) is 0 Å². The minimum absolute atomic E-state index is 0.237. The summed E-state index contributed by atoms with van der Waals surface area (Å²) in [5.74, 6) is 1.59. The summed E-state index contributed by atoms with van der Waals surface area (Å²) in [6.45, 7) is 9.42. The maximum absolute atomic E-state index is 9.27. The standard InChI is InChI=1S/C17H36N2O2/c1-4-8-18-17-7-6-15(5-2)13-16(17)14-19(9-11-20)10-12-21-3/h15-18,20H,4-14H2,1-3H3. The molecule has 1 rings (SSSR count). The molecule has 1 aliphatic rings. The van der Waals surface area contributed by atoms with Gasteiger partial charge in [0, 0.05) is 32.8 Å². The molecule has 0 aliphatic heterocycles. The molecule has 0 aromatic heterocycles. The highest BCUT2D eigenvalue weighted by Gasteiger charge is 2.30. The number of nitrogens with zero attached hydrogens (tertiary/aromatic N) is 1. The lowest BCUT2D eigenvalue weighted by Gasteiger charge is -2.39. The highest BCUT2D eigenvalue weighted by molar-refractivity contribution is 4.86. The summed E-state index contributed by atoms with van der Waals surface area (Å²) in [6, 6.07) is 0.650. The van der Waals surface area contributed by atoms with Gasteiger partial charge in [-0.25, -0.2) is 0 Å². The zero-order valence-corrected chi connectivity index (χ0v) is 14.3. The van der Waals surface area contributed by atoms with Crippen molar-refractivity contribution in [3.8, 4) is 0 Å². The predicted octanol–water partition coefficient (Wildman–Crippen LogP) is 2.12. The number of rotatable bonds is 11. The average molecular weight is 300 g/mol. The normalized spacial score (nSPS) is 26.4. The minimum Gasteiger partial charge on any atom is -0.395 e. The van der Waals surface area contributed by atoms with E-state index in [0.29, 0.717) is 12.0 Å². The second-order valence-corrected chi connectivity index (χ2v) is 6.43. The zero-order chi connectivity index (χ0) is 15.5. The molecule has 3 unspecified atom stereocenters. The van der Waals surface area contributed by atoms with Crippen LogP contribution in [-0.2, 0) is 4.74 Å². The minimum atomic E-state index is 0.237. The van der Waals surface area contributed by atoms with Crippen LogP contribution in [0.25, 0.3) is 0 Å². The van der Waals surface area contributed by atoms with E-state index >= 15 is 0 Å². The first-order chi connectivity index (χ1) is 10.2. The number of aliphatic hydroxyl groups excluding tert-OH is 1. The molecular formula is C17H36N2O2. The van der Waals surface area contributed by atoms with Crippen LogP contribution in [-0.4, -0.2) is 62.6 Å². The van der Waals surface area contributed by atoms with E-state index in [1.807, 2.05) is 0 Å². The Morgan fingerprint density at radius 3 is 2.67 bits per heavy atom. The van der Waals surface area contributed by atoms with Crippen LogP contribution in [0.1, 0.15) is 46.0 Å². The fourth-order valence-electron chi connectivity index (χ4n) is 3.52. The molecule has 2 N–H and O–H groups in total. The molecule has 0 amide bonds. The van der Waals surface area contributed by atoms with Gasteiger partial charge in [-0.3, -0.25) is 4.90 Å². The summed E-state index contributed by atoms with van der Waals surface area (Å²) in [6.07, 6.45) is 6.50. The Kier molecular flexibility index (Phi) is 10.3. The third kappa shape index (κ3) is 7.09. The van der Waals surface area contributed by atoms with E-state index in [-0.39, 0.29) is 6.61 Å². The maximum atomic E-state index is 9.27. The van der Waals surface area contributed by atoms with Gasteiger partial charge in [0.1, 0.15) is 0 Å². The van der Waals surface area contributed by atoms with Crippen molar-refractivity contribution in [2.45, 2.75) is 52.0 Å². The largest absolute Gasteiger partial charge is 0.395 e. The third-order valence-electron chi connectivity index (χ3n) is 4.85. The lowest BCUT2D eigenvalue weighted by molar-refractivity contribution is 0.0928. The molecule has 1 fully saturated rings. The lowest BCUT2D eigenvalue weighted by Crippen LogP contribution is -2.47. The second-order valence-electron chi connectivity index (χ2n) is 6.43. The van der Waals surface area contributed by atoms with Gasteiger partial charge in [0.15, 0.2) is 0 Å². The van der Waals surface area contributed by atoms with Crippen molar-refractivity contribution in [1.82, 2.24) is 10.2 Å². The number of nitrogens with one attached hydrogen (secondary N) is 1. The monoisotopic (exact) mass is 300 g/mol. The van der Waals surface area contributed by atoms with Gasteiger partial charge in [-0.1, -0.05) is 20.3 Å². The van der Waals surface area contributed by atoms with E-state index in [1.54, 1.807) is 7.11 Å². The second kappa shape index (κ2) is 11.4. The van der Waals surface area contributed by atoms with Gasteiger partial charge in [-0.2, -0.15) is 0 Å². The van der Waals surface area contributed by atoms with Crippen molar-refractivity contribution < 1.29 is 9.84 Å². The first-order valence-electron chi connectivity index (χ1n) is 8.80. The Morgan fingerprint density at radius 2 is 2.05 bits per heavy atom. The summed E-state index contributed by atoms with van der Waals surface area (Å²) in [5.41, 5.74) is 0. The summed E-state index contributed by atoms with van der Waals surface area (Å²) >= 11 is 0. The van der Waals surface area contributed by atoms with Crippen LogP contribution in [0.4, 0.5) is 0 Å². The molecule has 1 aliphatic carbocycles. The van der Waals surface area contributed by atoms with Crippen LogP contribution in [0.5, 0.6) is 0 Å². The van der Waals surface area contributed by atoms with Gasteiger partial charge < -0.3 is 15.2 Å². The van der Waals surface area contributed by atoms with E-state index in [9.17, 15) is 5.11 Å². The molecule has 21 heavy (non-hydrogen) atoms. The van der Waals surface area contributed by atoms with E-state index in [1.165, 1.54) is 32.1 Å². The first kappa shape index (κ1) is 18.9. The molecule has 0 saturated heterocycles. The van der Waals surface area contributed by atoms with Gasteiger partial charge in [-0.05, 0) is 44.1 Å². The number of methoxy groups -OCH3 is 1. The zero-order valence-electron chi connectivity index (χ0n) is 14.3. The third-order valence-corrected chi connectivity index (χ3v) is 4.85. The molecule has 0 bridgehead atoms. The van der Waals surface area contributed by atoms with Crippen LogP contribution in [0.15, 0.2) is 0 Å². The van der Waals surface area contributed by atoms with E-state index in [2.05, 4.69) is 24.1 Å². The van der Waals surface area contributed by atoms with Gasteiger partial charge in [-0.15, -0.1) is 0 Å². The van der Waals surface area contributed by atoms with Crippen molar-refractivity contribution in [2.75, 3.05) is 46.5 Å². The maximum Gasteiger partial charge on any atom is 0.0589 e. The number of hydrogen-bond acceptors (Lipinski definition) is 4. The summed E-state index contributed by atoms with van der Waals surface area (Å²) in [5, 5.41) is 13.0. The number of hydrogen-bond donors (Lipinski definition) is 2. The van der Waals surface area contributed by atoms with Gasteiger partial charge in [0.2, 0.25) is 0 Å². The lowest BCUT2D eigenvalue weighted by atomic mass is 9.76. The van der Waals surface area contributed by atoms with E-state index in [4.69, 9.17) is 4.74 Å². The molecule has 0 aromatic rings. The summed E-state index contributed by atoms with van der Waals surface area (Å²) in [4.78, 5) is 2.37. The van der Waals surface area contributed by atoms with Gasteiger partial charge >= 0.3 is 0 Å². The van der Waals surface area contributed by atoms with Crippen LogP contribution >= 0.6 is 0 Å². The SMILES string of the molecule is CCCNC1CCC(CC)CC1CN(CCO)CCOC. The Labute approximate surface area is 131 Å². The quantitative estimate of drug-likeness (QED) is 0.613.